The molecule has 0 unspecified atom stereocenters. The largest absolute Gasteiger partial charge is 0.296 e. The lowest BCUT2D eigenvalue weighted by molar-refractivity contribution is -0.385. The summed E-state index contributed by atoms with van der Waals surface area (Å²) in [6.07, 6.45) is 0. The summed E-state index contributed by atoms with van der Waals surface area (Å²) in [5.41, 5.74) is 0.136. The molecular weight excluding hydrogens is 362 g/mol. The van der Waals surface area contributed by atoms with Crippen LogP contribution in [0, 0.1) is 20.2 Å². The van der Waals surface area contributed by atoms with Crippen molar-refractivity contribution < 1.29 is 14.6 Å². The predicted molar refractivity (Wildman–Crippen MR) is 93.0 cm³/mol. The van der Waals surface area contributed by atoms with E-state index in [1.807, 2.05) is 0 Å². The number of anilines is 1. The Morgan fingerprint density at radius 3 is 2.31 bits per heavy atom. The Hall–Kier alpha value is -3.73. The molecule has 0 aliphatic carbocycles. The second-order valence-electron chi connectivity index (χ2n) is 4.94. The number of non-ortho nitro benzene ring substituents is 1. The summed E-state index contributed by atoms with van der Waals surface area (Å²) in [6, 6.07) is 11.3. The number of aromatic nitrogens is 2. The van der Waals surface area contributed by atoms with Gasteiger partial charge in [0.25, 0.3) is 17.3 Å². The maximum Gasteiger partial charge on any atom is 0.282 e. The normalized spacial score (nSPS) is 10.3. The van der Waals surface area contributed by atoms with Crippen molar-refractivity contribution in [3.05, 3.63) is 74.3 Å². The number of nitro benzene ring substituents is 2. The Kier molecular flexibility index (Phi) is 4.62. The summed E-state index contributed by atoms with van der Waals surface area (Å²) in [5, 5.41) is 32.5. The molecule has 0 bridgehead atoms. The smallest absolute Gasteiger partial charge is 0.282 e. The number of para-hydroxylation sites is 1. The molecule has 11 heteroatoms. The molecule has 1 N–H and O–H groups in total. The Balaban J connectivity index is 1.79. The van der Waals surface area contributed by atoms with Gasteiger partial charge in [-0.25, -0.2) is 0 Å². The lowest BCUT2D eigenvalue weighted by Crippen LogP contribution is -2.13. The van der Waals surface area contributed by atoms with Crippen molar-refractivity contribution >= 4 is 33.8 Å². The van der Waals surface area contributed by atoms with E-state index in [2.05, 4.69) is 15.5 Å². The Bertz CT molecular complexity index is 1000. The quantitative estimate of drug-likeness (QED) is 0.536. The summed E-state index contributed by atoms with van der Waals surface area (Å²) < 4.78 is 0. The van der Waals surface area contributed by atoms with E-state index in [1.165, 1.54) is 48.5 Å². The number of hydrogen-bond acceptors (Lipinski definition) is 8. The number of amides is 1. The maximum absolute atomic E-state index is 12.3. The van der Waals surface area contributed by atoms with Crippen LogP contribution in [-0.4, -0.2) is 26.0 Å². The van der Waals surface area contributed by atoms with Crippen LogP contribution in [0.3, 0.4) is 0 Å². The number of rotatable bonds is 5. The molecule has 3 aromatic rings. The minimum Gasteiger partial charge on any atom is -0.296 e. The van der Waals surface area contributed by atoms with Crippen molar-refractivity contribution in [2.24, 2.45) is 0 Å². The highest BCUT2D eigenvalue weighted by Crippen LogP contribution is 2.28. The fourth-order valence-corrected chi connectivity index (χ4v) is 2.85. The molecule has 0 spiro atoms. The first kappa shape index (κ1) is 17.1. The lowest BCUT2D eigenvalue weighted by Gasteiger charge is -2.01. The van der Waals surface area contributed by atoms with Gasteiger partial charge < -0.3 is 0 Å². The minimum absolute atomic E-state index is 0.0526. The fraction of sp³-hybridized carbons (Fsp3) is 0. The number of benzene rings is 2. The first-order valence-electron chi connectivity index (χ1n) is 7.09. The fourth-order valence-electron chi connectivity index (χ4n) is 2.11. The van der Waals surface area contributed by atoms with Crippen molar-refractivity contribution in [1.82, 2.24) is 10.2 Å². The molecule has 0 aliphatic rings. The van der Waals surface area contributed by atoms with Crippen molar-refractivity contribution in [1.29, 1.82) is 0 Å². The van der Waals surface area contributed by atoms with E-state index < -0.39 is 15.8 Å². The van der Waals surface area contributed by atoms with Gasteiger partial charge in [-0.15, -0.1) is 10.2 Å². The average molecular weight is 371 g/mol. The van der Waals surface area contributed by atoms with Crippen molar-refractivity contribution in [2.45, 2.75) is 0 Å². The average Bonchev–Trinajstić information content (AvgIpc) is 3.10. The molecule has 10 nitrogen and oxygen atoms in total. The van der Waals surface area contributed by atoms with Gasteiger partial charge in [-0.3, -0.25) is 30.3 Å². The SMILES string of the molecule is O=C(Nc1nnc(-c2ccc([N+](=O)[O-])cc2)s1)c1ccccc1[N+](=O)[O-]. The van der Waals surface area contributed by atoms with E-state index >= 15 is 0 Å². The molecule has 1 heterocycles. The van der Waals surface area contributed by atoms with E-state index in [0.717, 1.165) is 11.3 Å². The Labute approximate surface area is 149 Å². The van der Waals surface area contributed by atoms with Crippen molar-refractivity contribution in [3.63, 3.8) is 0 Å². The summed E-state index contributed by atoms with van der Waals surface area (Å²) >= 11 is 1.04. The van der Waals surface area contributed by atoms with Crippen molar-refractivity contribution in [3.8, 4) is 10.6 Å². The summed E-state index contributed by atoms with van der Waals surface area (Å²) in [6.45, 7) is 0. The monoisotopic (exact) mass is 371 g/mol. The highest BCUT2D eigenvalue weighted by molar-refractivity contribution is 7.18. The topological polar surface area (TPSA) is 141 Å². The molecule has 0 atom stereocenters. The minimum atomic E-state index is -0.677. The predicted octanol–water partition coefficient (Wildman–Crippen LogP) is 3.27. The molecule has 0 radical (unpaired) electrons. The van der Waals surface area contributed by atoms with Gasteiger partial charge in [-0.2, -0.15) is 0 Å². The number of hydrogen-bond donors (Lipinski definition) is 1. The Morgan fingerprint density at radius 2 is 1.65 bits per heavy atom. The summed E-state index contributed by atoms with van der Waals surface area (Å²) in [7, 11) is 0. The molecule has 0 saturated heterocycles. The molecule has 0 fully saturated rings. The van der Waals surface area contributed by atoms with Crippen LogP contribution in [-0.2, 0) is 0 Å². The van der Waals surface area contributed by atoms with Crippen LogP contribution in [0.5, 0.6) is 0 Å². The third-order valence-corrected chi connectivity index (χ3v) is 4.20. The maximum atomic E-state index is 12.3. The molecule has 1 aromatic heterocycles. The number of carbonyl (C=O) groups is 1. The molecular formula is C15H9N5O5S. The molecule has 3 rings (SSSR count). The summed E-state index contributed by atoms with van der Waals surface area (Å²) in [5.74, 6) is -0.677. The van der Waals surface area contributed by atoms with Gasteiger partial charge in [0, 0.05) is 23.8 Å². The first-order valence-corrected chi connectivity index (χ1v) is 7.90. The standard InChI is InChI=1S/C15H9N5O5S/c21-13(11-3-1-2-4-12(11)20(24)25)16-15-18-17-14(26-15)9-5-7-10(8-6-9)19(22)23/h1-8H,(H,16,18,21). The van der Waals surface area contributed by atoms with Crippen LogP contribution in [0.4, 0.5) is 16.5 Å². The van der Waals surface area contributed by atoms with Crippen LogP contribution in [0.15, 0.2) is 48.5 Å². The van der Waals surface area contributed by atoms with Crippen LogP contribution in [0.2, 0.25) is 0 Å². The molecule has 0 saturated carbocycles. The van der Waals surface area contributed by atoms with E-state index in [1.54, 1.807) is 0 Å². The summed E-state index contributed by atoms with van der Waals surface area (Å²) in [4.78, 5) is 32.8. The Morgan fingerprint density at radius 1 is 0.962 bits per heavy atom. The van der Waals surface area contributed by atoms with Gasteiger partial charge in [0.1, 0.15) is 10.6 Å². The molecule has 130 valence electrons. The van der Waals surface area contributed by atoms with Gasteiger partial charge in [0.05, 0.1) is 9.85 Å². The van der Waals surface area contributed by atoms with Crippen LogP contribution >= 0.6 is 11.3 Å². The second kappa shape index (κ2) is 7.03. The van der Waals surface area contributed by atoms with Gasteiger partial charge in [-0.1, -0.05) is 23.5 Å². The molecule has 0 aliphatic heterocycles. The zero-order chi connectivity index (χ0) is 18.7. The number of carbonyl (C=O) groups excluding carboxylic acids is 1. The van der Waals surface area contributed by atoms with Gasteiger partial charge >= 0.3 is 0 Å². The van der Waals surface area contributed by atoms with Crippen LogP contribution in [0.25, 0.3) is 10.6 Å². The highest BCUT2D eigenvalue weighted by Gasteiger charge is 2.20. The molecule has 2 aromatic carbocycles. The van der Waals surface area contributed by atoms with E-state index in [4.69, 9.17) is 0 Å². The highest BCUT2D eigenvalue weighted by atomic mass is 32.1. The molecule has 1 amide bonds. The van der Waals surface area contributed by atoms with Gasteiger partial charge in [0.2, 0.25) is 5.13 Å². The zero-order valence-electron chi connectivity index (χ0n) is 12.9. The van der Waals surface area contributed by atoms with E-state index in [9.17, 15) is 25.0 Å². The van der Waals surface area contributed by atoms with Gasteiger partial charge in [-0.05, 0) is 18.2 Å². The zero-order valence-corrected chi connectivity index (χ0v) is 13.7. The first-order chi connectivity index (χ1) is 12.5. The lowest BCUT2D eigenvalue weighted by atomic mass is 10.1. The van der Waals surface area contributed by atoms with E-state index in [0.29, 0.717) is 10.6 Å². The third-order valence-electron chi connectivity index (χ3n) is 3.32. The number of nitrogens with zero attached hydrogens (tertiary/aromatic N) is 4. The van der Waals surface area contributed by atoms with Crippen LogP contribution < -0.4 is 5.32 Å². The van der Waals surface area contributed by atoms with E-state index in [-0.39, 0.29) is 22.1 Å². The van der Waals surface area contributed by atoms with Gasteiger partial charge in [0.15, 0.2) is 0 Å². The van der Waals surface area contributed by atoms with Crippen LogP contribution in [0.1, 0.15) is 10.4 Å². The second-order valence-corrected chi connectivity index (χ2v) is 5.92. The third kappa shape index (κ3) is 3.52. The number of nitro groups is 2. The van der Waals surface area contributed by atoms with Crippen molar-refractivity contribution in [2.75, 3.05) is 5.32 Å². The number of nitrogens with one attached hydrogen (secondary N) is 1. The molecule has 26 heavy (non-hydrogen) atoms.